The van der Waals surface area contributed by atoms with Crippen molar-refractivity contribution in [2.45, 2.75) is 57.6 Å². The molecule has 3 heteroatoms. The summed E-state index contributed by atoms with van der Waals surface area (Å²) in [5.41, 5.74) is 0. The van der Waals surface area contributed by atoms with Crippen molar-refractivity contribution in [1.29, 1.82) is 0 Å². The van der Waals surface area contributed by atoms with Crippen LogP contribution in [0.4, 0.5) is 0 Å². The average Bonchev–Trinajstić information content (AvgIpc) is 2.67. The third-order valence-corrected chi connectivity index (χ3v) is 10.7. The molecule has 3 rings (SSSR count). The van der Waals surface area contributed by atoms with Gasteiger partial charge in [-0.15, -0.1) is 0 Å². The van der Waals surface area contributed by atoms with Gasteiger partial charge < -0.3 is 9.22 Å². The number of hydrogen-bond donors (Lipinski definition) is 0. The summed E-state index contributed by atoms with van der Waals surface area (Å²) < 4.78 is 7.13. The van der Waals surface area contributed by atoms with Gasteiger partial charge >= 0.3 is 0 Å². The molecule has 0 aromatic heterocycles. The lowest BCUT2D eigenvalue weighted by atomic mass is 9.88. The Morgan fingerprint density at radius 3 is 1.85 bits per heavy atom. The first kappa shape index (κ1) is 19.1. The Morgan fingerprint density at radius 1 is 0.885 bits per heavy atom. The van der Waals surface area contributed by atoms with E-state index < -0.39 is 8.32 Å². The van der Waals surface area contributed by atoms with E-state index in [0.717, 1.165) is 32.0 Å². The highest BCUT2D eigenvalue weighted by molar-refractivity contribution is 6.99. The van der Waals surface area contributed by atoms with E-state index >= 15 is 0 Å². The van der Waals surface area contributed by atoms with Crippen LogP contribution in [0.15, 0.2) is 60.7 Å². The van der Waals surface area contributed by atoms with E-state index in [9.17, 15) is 4.79 Å². The Morgan fingerprint density at radius 2 is 1.38 bits per heavy atom. The number of carbonyl (C=O) groups excluding carboxylic acids is 1. The van der Waals surface area contributed by atoms with Crippen LogP contribution in [0, 0.1) is 5.92 Å². The Kier molecular flexibility index (Phi) is 5.78. The maximum Gasteiger partial charge on any atom is 0.261 e. The molecule has 1 aliphatic carbocycles. The van der Waals surface area contributed by atoms with Crippen LogP contribution in [0.5, 0.6) is 0 Å². The monoisotopic (exact) mass is 366 g/mol. The summed E-state index contributed by atoms with van der Waals surface area (Å²) in [6.07, 6.45) is 5.35. The molecule has 0 bridgehead atoms. The largest absolute Gasteiger partial charge is 0.404 e. The van der Waals surface area contributed by atoms with Gasteiger partial charge in [0.2, 0.25) is 0 Å². The van der Waals surface area contributed by atoms with Gasteiger partial charge in [-0.3, -0.25) is 0 Å². The minimum absolute atomic E-state index is 0.0189. The molecule has 2 nitrogen and oxygen atoms in total. The van der Waals surface area contributed by atoms with Crippen LogP contribution in [-0.4, -0.2) is 20.7 Å². The highest BCUT2D eigenvalue weighted by Gasteiger charge is 2.52. The van der Waals surface area contributed by atoms with Gasteiger partial charge in [-0.2, -0.15) is 0 Å². The predicted molar refractivity (Wildman–Crippen MR) is 111 cm³/mol. The third kappa shape index (κ3) is 3.56. The van der Waals surface area contributed by atoms with Crippen LogP contribution in [0.2, 0.25) is 5.04 Å². The molecule has 1 aliphatic rings. The molecule has 26 heavy (non-hydrogen) atoms. The van der Waals surface area contributed by atoms with E-state index in [1.54, 1.807) is 0 Å². The maximum absolute atomic E-state index is 11.7. The zero-order chi connectivity index (χ0) is 18.6. The zero-order valence-corrected chi connectivity index (χ0v) is 17.2. The molecule has 0 unspecified atom stereocenters. The summed E-state index contributed by atoms with van der Waals surface area (Å²) in [4.78, 5) is 11.7. The molecule has 2 atom stereocenters. The molecule has 0 amide bonds. The molecule has 0 aliphatic heterocycles. The fraction of sp³-hybridized carbons (Fsp3) is 0.435. The van der Waals surface area contributed by atoms with Crippen LogP contribution < -0.4 is 10.4 Å². The van der Waals surface area contributed by atoms with Gasteiger partial charge in [0.15, 0.2) is 0 Å². The number of rotatable bonds is 5. The molecule has 0 radical (unpaired) electrons. The average molecular weight is 367 g/mol. The van der Waals surface area contributed by atoms with Gasteiger partial charge in [-0.1, -0.05) is 94.3 Å². The van der Waals surface area contributed by atoms with Gasteiger partial charge in [0.25, 0.3) is 8.32 Å². The molecule has 0 heterocycles. The van der Waals surface area contributed by atoms with Crippen LogP contribution in [0.25, 0.3) is 0 Å². The second-order valence-corrected chi connectivity index (χ2v) is 12.7. The lowest BCUT2D eigenvalue weighted by Crippen LogP contribution is -2.68. The molecule has 0 saturated heterocycles. The Labute approximate surface area is 158 Å². The summed E-state index contributed by atoms with van der Waals surface area (Å²) in [5, 5.41) is 2.53. The minimum atomic E-state index is -2.55. The van der Waals surface area contributed by atoms with Crippen molar-refractivity contribution < 1.29 is 9.22 Å². The predicted octanol–water partition coefficient (Wildman–Crippen LogP) is 4.32. The van der Waals surface area contributed by atoms with E-state index in [4.69, 9.17) is 4.43 Å². The number of aldehydes is 1. The van der Waals surface area contributed by atoms with E-state index in [2.05, 4.69) is 81.4 Å². The summed E-state index contributed by atoms with van der Waals surface area (Å²) >= 11 is 0. The van der Waals surface area contributed by atoms with E-state index in [1.807, 2.05) is 0 Å². The molecule has 1 saturated carbocycles. The standard InChI is InChI=1S/C23H30O2Si/c1-23(2,3)26(20-13-6-4-7-14-20,21-15-8-5-9-16-21)25-22-17-11-10-12-19(22)18-24/h4-9,13-16,18-19,22H,10-12,17H2,1-3H3/t19-,22-/m0/s1. The Balaban J connectivity index is 2.16. The van der Waals surface area contributed by atoms with Gasteiger partial charge in [0, 0.05) is 5.92 Å². The highest BCUT2D eigenvalue weighted by Crippen LogP contribution is 2.40. The van der Waals surface area contributed by atoms with Gasteiger partial charge in [0.05, 0.1) is 6.10 Å². The summed E-state index contributed by atoms with van der Waals surface area (Å²) in [5.74, 6) is 0.0189. The second kappa shape index (κ2) is 7.89. The Bertz CT molecular complexity index is 666. The lowest BCUT2D eigenvalue weighted by Gasteiger charge is -2.46. The first-order valence-electron chi connectivity index (χ1n) is 9.73. The third-order valence-electron chi connectivity index (χ3n) is 5.67. The number of benzene rings is 2. The SMILES string of the molecule is CC(C)(C)[Si](O[C@H]1CCCC[C@H]1C=O)(c1ccccc1)c1ccccc1. The fourth-order valence-corrected chi connectivity index (χ4v) is 9.11. The second-order valence-electron chi connectivity index (χ2n) is 8.40. The first-order chi connectivity index (χ1) is 12.5. The molecular weight excluding hydrogens is 336 g/mol. The highest BCUT2D eigenvalue weighted by atomic mass is 28.4. The fourth-order valence-electron chi connectivity index (χ4n) is 4.35. The van der Waals surface area contributed by atoms with E-state index in [0.29, 0.717) is 0 Å². The van der Waals surface area contributed by atoms with Crippen LogP contribution in [-0.2, 0) is 9.22 Å². The van der Waals surface area contributed by atoms with Crippen molar-refractivity contribution in [1.82, 2.24) is 0 Å². The minimum Gasteiger partial charge on any atom is -0.404 e. The van der Waals surface area contributed by atoms with Crippen molar-refractivity contribution in [2.24, 2.45) is 5.92 Å². The van der Waals surface area contributed by atoms with Crippen molar-refractivity contribution in [3.8, 4) is 0 Å². The topological polar surface area (TPSA) is 26.3 Å². The van der Waals surface area contributed by atoms with Crippen molar-refractivity contribution in [2.75, 3.05) is 0 Å². The van der Waals surface area contributed by atoms with Gasteiger partial charge in [-0.05, 0) is 28.3 Å². The lowest BCUT2D eigenvalue weighted by molar-refractivity contribution is -0.115. The normalized spacial score (nSPS) is 21.3. The summed E-state index contributed by atoms with van der Waals surface area (Å²) in [7, 11) is -2.55. The Hall–Kier alpha value is -1.71. The van der Waals surface area contributed by atoms with Gasteiger partial charge in [0.1, 0.15) is 6.29 Å². The smallest absolute Gasteiger partial charge is 0.261 e. The summed E-state index contributed by atoms with van der Waals surface area (Å²) in [6, 6.07) is 21.4. The molecule has 138 valence electrons. The van der Waals surface area contributed by atoms with Gasteiger partial charge in [-0.25, -0.2) is 0 Å². The number of hydrogen-bond acceptors (Lipinski definition) is 2. The number of carbonyl (C=O) groups is 1. The summed E-state index contributed by atoms with van der Waals surface area (Å²) in [6.45, 7) is 6.87. The van der Waals surface area contributed by atoms with E-state index in [-0.39, 0.29) is 17.1 Å². The molecular formula is C23H30O2Si. The molecule has 0 N–H and O–H groups in total. The van der Waals surface area contributed by atoms with Crippen LogP contribution in [0.3, 0.4) is 0 Å². The maximum atomic E-state index is 11.7. The molecule has 1 fully saturated rings. The van der Waals surface area contributed by atoms with Crippen molar-refractivity contribution in [3.05, 3.63) is 60.7 Å². The van der Waals surface area contributed by atoms with Crippen molar-refractivity contribution in [3.63, 3.8) is 0 Å². The first-order valence-corrected chi connectivity index (χ1v) is 11.6. The molecule has 0 spiro atoms. The molecule has 2 aromatic carbocycles. The zero-order valence-electron chi connectivity index (χ0n) is 16.2. The van der Waals surface area contributed by atoms with Crippen LogP contribution >= 0.6 is 0 Å². The van der Waals surface area contributed by atoms with E-state index in [1.165, 1.54) is 10.4 Å². The van der Waals surface area contributed by atoms with Crippen molar-refractivity contribution >= 4 is 25.0 Å². The van der Waals surface area contributed by atoms with Crippen LogP contribution in [0.1, 0.15) is 46.5 Å². The quantitative estimate of drug-likeness (QED) is 0.582. The molecule has 2 aromatic rings.